The van der Waals surface area contributed by atoms with E-state index in [2.05, 4.69) is 41.0 Å². The van der Waals surface area contributed by atoms with Crippen LogP contribution in [0.3, 0.4) is 0 Å². The Morgan fingerprint density at radius 1 is 1.19 bits per heavy atom. The van der Waals surface area contributed by atoms with Crippen molar-refractivity contribution in [2.45, 2.75) is 20.3 Å². The van der Waals surface area contributed by atoms with Crippen molar-refractivity contribution in [2.24, 2.45) is 0 Å². The van der Waals surface area contributed by atoms with Gasteiger partial charge in [0.2, 0.25) is 10.0 Å². The van der Waals surface area contributed by atoms with Gasteiger partial charge < -0.3 is 5.32 Å². The smallest absolute Gasteiger partial charge is 0.230 e. The third-order valence-electron chi connectivity index (χ3n) is 3.06. The van der Waals surface area contributed by atoms with Crippen LogP contribution in [0.1, 0.15) is 18.1 Å². The molecule has 0 spiro atoms. The molecule has 0 unspecified atom stereocenters. The minimum Gasteiger partial charge on any atom is -0.354 e. The van der Waals surface area contributed by atoms with E-state index in [9.17, 15) is 8.42 Å². The van der Waals surface area contributed by atoms with Gasteiger partial charge in [-0.25, -0.2) is 13.4 Å². The second-order valence-electron chi connectivity index (χ2n) is 4.89. The maximum Gasteiger partial charge on any atom is 0.230 e. The van der Waals surface area contributed by atoms with Gasteiger partial charge in [-0.1, -0.05) is 25.1 Å². The average molecular weight is 305 g/mol. The number of nitrogens with one attached hydrogen (secondary N) is 2. The summed E-state index contributed by atoms with van der Waals surface area (Å²) in [6.07, 6.45) is 3.65. The Hall–Kier alpha value is -2.08. The summed E-state index contributed by atoms with van der Waals surface area (Å²) in [6.45, 7) is 4.16. The number of para-hydroxylation sites is 1. The fourth-order valence-corrected chi connectivity index (χ4v) is 2.57. The van der Waals surface area contributed by atoms with Crippen molar-refractivity contribution in [1.29, 1.82) is 0 Å². The van der Waals surface area contributed by atoms with Crippen LogP contribution in [0.25, 0.3) is 0 Å². The van der Waals surface area contributed by atoms with Crippen LogP contribution in [-0.2, 0) is 16.4 Å². The number of aromatic nitrogens is 1. The number of nitrogens with zero attached hydrogens (tertiary/aromatic N) is 1. The minimum atomic E-state index is -3.30. The van der Waals surface area contributed by atoms with Crippen molar-refractivity contribution >= 4 is 27.2 Å². The molecule has 0 fully saturated rings. The van der Waals surface area contributed by atoms with Crippen molar-refractivity contribution in [2.75, 3.05) is 16.3 Å². The van der Waals surface area contributed by atoms with Gasteiger partial charge in [0.05, 0.1) is 18.1 Å². The molecule has 0 aliphatic carbocycles. The Bertz CT molecular complexity index is 725. The summed E-state index contributed by atoms with van der Waals surface area (Å²) in [5.41, 5.74) is 4.28. The van der Waals surface area contributed by atoms with Crippen molar-refractivity contribution in [3.63, 3.8) is 0 Å². The maximum atomic E-state index is 11.1. The van der Waals surface area contributed by atoms with E-state index in [0.717, 1.165) is 29.6 Å². The molecule has 0 saturated heterocycles. The van der Waals surface area contributed by atoms with Gasteiger partial charge in [0, 0.05) is 5.69 Å². The van der Waals surface area contributed by atoms with Crippen molar-refractivity contribution in [1.82, 2.24) is 4.98 Å². The Balaban J connectivity index is 2.21. The number of hydrogen-bond acceptors (Lipinski definition) is 4. The highest BCUT2D eigenvalue weighted by atomic mass is 32.2. The molecule has 0 amide bonds. The monoisotopic (exact) mass is 305 g/mol. The molecule has 0 saturated carbocycles. The quantitative estimate of drug-likeness (QED) is 0.890. The molecule has 0 aliphatic rings. The van der Waals surface area contributed by atoms with Crippen molar-refractivity contribution < 1.29 is 8.42 Å². The van der Waals surface area contributed by atoms with E-state index in [1.165, 1.54) is 5.56 Å². The first kappa shape index (κ1) is 15.3. The number of hydrogen-bond donors (Lipinski definition) is 2. The molecule has 1 aromatic carbocycles. The predicted octanol–water partition coefficient (Wildman–Crippen LogP) is 3.07. The summed E-state index contributed by atoms with van der Waals surface area (Å²) in [5, 5.41) is 3.34. The molecule has 112 valence electrons. The molecule has 0 aliphatic heterocycles. The topological polar surface area (TPSA) is 71.1 Å². The van der Waals surface area contributed by atoms with Gasteiger partial charge in [0.25, 0.3) is 0 Å². The van der Waals surface area contributed by atoms with Gasteiger partial charge >= 0.3 is 0 Å². The highest BCUT2D eigenvalue weighted by molar-refractivity contribution is 7.92. The van der Waals surface area contributed by atoms with Crippen molar-refractivity contribution in [3.05, 3.63) is 47.7 Å². The van der Waals surface area contributed by atoms with E-state index in [4.69, 9.17) is 0 Å². The lowest BCUT2D eigenvalue weighted by molar-refractivity contribution is 0.606. The standard InChI is InChI=1S/C15H19N3O2S/c1-4-12-7-5-6-11(2)15(12)17-13-8-9-14(16-10-13)18-21(3,19)20/h5-10,17H,4H2,1-3H3,(H,16,18). The number of rotatable bonds is 5. The van der Waals surface area contributed by atoms with E-state index in [-0.39, 0.29) is 0 Å². The Kier molecular flexibility index (Phi) is 4.47. The zero-order chi connectivity index (χ0) is 15.5. The van der Waals surface area contributed by atoms with Crippen LogP contribution < -0.4 is 10.0 Å². The van der Waals surface area contributed by atoms with E-state index >= 15 is 0 Å². The second kappa shape index (κ2) is 6.13. The first-order valence-corrected chi connectivity index (χ1v) is 8.57. The molecule has 21 heavy (non-hydrogen) atoms. The minimum absolute atomic E-state index is 0.309. The van der Waals surface area contributed by atoms with Crippen LogP contribution in [0.2, 0.25) is 0 Å². The van der Waals surface area contributed by atoms with Crippen LogP contribution in [0.4, 0.5) is 17.2 Å². The molecule has 0 radical (unpaired) electrons. The lowest BCUT2D eigenvalue weighted by Gasteiger charge is -2.14. The van der Waals surface area contributed by atoms with E-state index in [1.54, 1.807) is 18.3 Å². The maximum absolute atomic E-state index is 11.1. The molecule has 5 nitrogen and oxygen atoms in total. The molecule has 2 N–H and O–H groups in total. The molecule has 2 aromatic rings. The number of benzene rings is 1. The van der Waals surface area contributed by atoms with Gasteiger partial charge in [0.15, 0.2) is 0 Å². The summed E-state index contributed by atoms with van der Waals surface area (Å²) >= 11 is 0. The molecular weight excluding hydrogens is 286 g/mol. The SMILES string of the molecule is CCc1cccc(C)c1Nc1ccc(NS(C)(=O)=O)nc1. The van der Waals surface area contributed by atoms with Gasteiger partial charge in [-0.3, -0.25) is 4.72 Å². The van der Waals surface area contributed by atoms with Crippen molar-refractivity contribution in [3.8, 4) is 0 Å². The van der Waals surface area contributed by atoms with Crippen LogP contribution in [0.15, 0.2) is 36.5 Å². The van der Waals surface area contributed by atoms with Gasteiger partial charge in [-0.05, 0) is 36.6 Å². The molecule has 0 bridgehead atoms. The lowest BCUT2D eigenvalue weighted by atomic mass is 10.1. The molecule has 6 heteroatoms. The first-order valence-electron chi connectivity index (χ1n) is 6.68. The Labute approximate surface area is 125 Å². The molecule has 2 rings (SSSR count). The predicted molar refractivity (Wildman–Crippen MR) is 86.5 cm³/mol. The zero-order valence-corrected chi connectivity index (χ0v) is 13.2. The number of pyridine rings is 1. The van der Waals surface area contributed by atoms with Gasteiger partial charge in [-0.2, -0.15) is 0 Å². The zero-order valence-electron chi connectivity index (χ0n) is 12.3. The highest BCUT2D eigenvalue weighted by Crippen LogP contribution is 2.25. The molecule has 0 atom stereocenters. The molecular formula is C15H19N3O2S. The highest BCUT2D eigenvalue weighted by Gasteiger charge is 2.06. The Morgan fingerprint density at radius 2 is 1.95 bits per heavy atom. The fraction of sp³-hybridized carbons (Fsp3) is 0.267. The van der Waals surface area contributed by atoms with E-state index in [1.807, 2.05) is 6.07 Å². The average Bonchev–Trinajstić information content (AvgIpc) is 2.41. The summed E-state index contributed by atoms with van der Waals surface area (Å²) in [7, 11) is -3.30. The molecule has 1 heterocycles. The van der Waals surface area contributed by atoms with Crippen LogP contribution >= 0.6 is 0 Å². The van der Waals surface area contributed by atoms with Crippen LogP contribution in [0.5, 0.6) is 0 Å². The van der Waals surface area contributed by atoms with Gasteiger partial charge in [0.1, 0.15) is 5.82 Å². The summed E-state index contributed by atoms with van der Waals surface area (Å²) in [6, 6.07) is 9.60. The molecule has 1 aromatic heterocycles. The summed E-state index contributed by atoms with van der Waals surface area (Å²) in [5.74, 6) is 0.309. The van der Waals surface area contributed by atoms with Crippen LogP contribution in [0, 0.1) is 6.92 Å². The van der Waals surface area contributed by atoms with E-state index in [0.29, 0.717) is 5.82 Å². The third-order valence-corrected chi connectivity index (χ3v) is 3.64. The number of sulfonamides is 1. The first-order chi connectivity index (χ1) is 9.89. The largest absolute Gasteiger partial charge is 0.354 e. The van der Waals surface area contributed by atoms with Gasteiger partial charge in [-0.15, -0.1) is 0 Å². The third kappa shape index (κ3) is 4.19. The lowest BCUT2D eigenvalue weighted by Crippen LogP contribution is -2.10. The fourth-order valence-electron chi connectivity index (χ4n) is 2.06. The second-order valence-corrected chi connectivity index (χ2v) is 6.64. The summed E-state index contributed by atoms with van der Waals surface area (Å²) in [4.78, 5) is 4.09. The number of anilines is 3. The summed E-state index contributed by atoms with van der Waals surface area (Å²) < 4.78 is 24.6. The van der Waals surface area contributed by atoms with E-state index < -0.39 is 10.0 Å². The van der Waals surface area contributed by atoms with Crippen LogP contribution in [-0.4, -0.2) is 19.7 Å². The normalized spacial score (nSPS) is 11.2. The number of aryl methyl sites for hydroxylation is 2. The Morgan fingerprint density at radius 3 is 2.52 bits per heavy atom.